The number of carbonyl (C=O) groups is 2. The molecule has 4 aromatic heterocycles. The molecule has 15 heteroatoms. The van der Waals surface area contributed by atoms with E-state index < -0.39 is 11.9 Å². The molecule has 0 bridgehead atoms. The van der Waals surface area contributed by atoms with E-state index in [9.17, 15) is 14.5 Å². The number of anilines is 2. The van der Waals surface area contributed by atoms with Crippen molar-refractivity contribution < 1.29 is 14.3 Å². The fraction of sp³-hybridized carbons (Fsp3) is 0.435. The van der Waals surface area contributed by atoms with E-state index in [0.29, 0.717) is 34.7 Å². The monoisotopic (exact) mass is 821 g/mol. The van der Waals surface area contributed by atoms with Crippen LogP contribution in [0.4, 0.5) is 11.6 Å². The maximum Gasteiger partial charge on any atom is 0.455 e. The third-order valence-electron chi connectivity index (χ3n) is 13.6. The van der Waals surface area contributed by atoms with Gasteiger partial charge in [-0.3, -0.25) is 19.7 Å². The topological polar surface area (TPSA) is 151 Å². The van der Waals surface area contributed by atoms with Crippen LogP contribution >= 0.6 is 0 Å². The quantitative estimate of drug-likeness (QED) is 0.170. The first-order chi connectivity index (χ1) is 29.8. The second kappa shape index (κ2) is 16.8. The highest BCUT2D eigenvalue weighted by Gasteiger charge is 2.41. The zero-order chi connectivity index (χ0) is 41.5. The number of aryl methyl sites for hydroxylation is 1. The van der Waals surface area contributed by atoms with Crippen LogP contribution in [0.2, 0.25) is 0 Å². The minimum Gasteiger partial charge on any atom is -0.367 e. The van der Waals surface area contributed by atoms with Gasteiger partial charge < -0.3 is 19.7 Å². The number of pyridine rings is 1. The van der Waals surface area contributed by atoms with Gasteiger partial charge in [-0.05, 0) is 104 Å². The number of piperazine rings is 1. The van der Waals surface area contributed by atoms with Gasteiger partial charge >= 0.3 is 5.91 Å². The number of hydrogen-bond donors (Lipinski definition) is 2. The molecule has 61 heavy (non-hydrogen) atoms. The van der Waals surface area contributed by atoms with Crippen molar-refractivity contribution in [1.82, 2.24) is 44.4 Å². The van der Waals surface area contributed by atoms with Gasteiger partial charge in [0.1, 0.15) is 5.65 Å². The lowest BCUT2D eigenvalue weighted by molar-refractivity contribution is -0.453. The Morgan fingerprint density at radius 3 is 2.34 bits per heavy atom. The number of carbonyl (C=O) groups excluding carboxylic acids is 2. The summed E-state index contributed by atoms with van der Waals surface area (Å²) >= 11 is 0. The zero-order valence-electron chi connectivity index (χ0n) is 34.7. The van der Waals surface area contributed by atoms with Crippen LogP contribution in [0.25, 0.3) is 33.1 Å². The number of hydrogen-bond acceptors (Lipinski definition) is 11. The lowest BCUT2D eigenvalue weighted by atomic mass is 9.88. The smallest absolute Gasteiger partial charge is 0.367 e. The van der Waals surface area contributed by atoms with Crippen molar-refractivity contribution in [2.75, 3.05) is 75.7 Å². The molecule has 0 radical (unpaired) electrons. The number of rotatable bonds is 10. The van der Waals surface area contributed by atoms with Gasteiger partial charge in [-0.2, -0.15) is 5.10 Å². The average Bonchev–Trinajstić information content (AvgIpc) is 4.00. The molecule has 0 saturated carbocycles. The molecule has 10 rings (SSSR count). The van der Waals surface area contributed by atoms with E-state index >= 15 is 0 Å². The van der Waals surface area contributed by atoms with Crippen LogP contribution in [-0.4, -0.2) is 132 Å². The summed E-state index contributed by atoms with van der Waals surface area (Å²) in [6.45, 7) is 9.40. The Morgan fingerprint density at radius 2 is 1.61 bits per heavy atom. The molecule has 15 nitrogen and oxygen atoms in total. The number of aromatic amines is 1. The van der Waals surface area contributed by atoms with Crippen molar-refractivity contribution in [2.24, 2.45) is 13.0 Å². The fourth-order valence-electron chi connectivity index (χ4n) is 9.88. The summed E-state index contributed by atoms with van der Waals surface area (Å²) in [6.07, 6.45) is 11.9. The number of nitroso groups, excluding NO2 is 1. The van der Waals surface area contributed by atoms with Gasteiger partial charge in [-0.15, -0.1) is 0 Å². The number of benzene rings is 2. The Balaban J connectivity index is 0.664. The van der Waals surface area contributed by atoms with Crippen LogP contribution in [0.3, 0.4) is 0 Å². The van der Waals surface area contributed by atoms with Gasteiger partial charge in [0.15, 0.2) is 6.04 Å². The van der Waals surface area contributed by atoms with Gasteiger partial charge in [-0.25, -0.2) is 19.7 Å². The molecule has 4 aliphatic heterocycles. The average molecular weight is 822 g/mol. The van der Waals surface area contributed by atoms with Crippen molar-refractivity contribution in [1.29, 1.82) is 0 Å². The standard InChI is InChI=1S/C46H53N12O3/c1-53-38(25-40-39(8-14-47-43(40)53)35-6-7-41-36(24-35)26-50-52-41)30-54-15-11-33(12-16-54)32-2-4-34(5-3-32)44(59)56-17-9-31(10-18-56)29-55-20-22-57(23-21-55)46-48-27-37(28-49-46)51-42-13-19-58(61)45(42)60/h2-8,14,24-28,31,33,42,51H,9-13,15-23,29-30H2,1H3,(H,50,52)/q+1. The maximum absolute atomic E-state index is 13.6. The minimum absolute atomic E-state index is 0.145. The van der Waals surface area contributed by atoms with Gasteiger partial charge in [0.25, 0.3) is 5.91 Å². The Morgan fingerprint density at radius 1 is 0.836 bits per heavy atom. The molecule has 4 aliphatic rings. The molecule has 314 valence electrons. The summed E-state index contributed by atoms with van der Waals surface area (Å²) in [7, 11) is 2.13. The number of aromatic nitrogens is 6. The first-order valence-corrected chi connectivity index (χ1v) is 21.9. The van der Waals surface area contributed by atoms with Crippen molar-refractivity contribution in [3.05, 3.63) is 101 Å². The fourth-order valence-corrected chi connectivity index (χ4v) is 9.88. The normalized spacial score (nSPS) is 20.0. The van der Waals surface area contributed by atoms with E-state index in [0.717, 1.165) is 113 Å². The summed E-state index contributed by atoms with van der Waals surface area (Å²) in [4.78, 5) is 60.2. The minimum atomic E-state index is -0.508. The van der Waals surface area contributed by atoms with Gasteiger partial charge in [0.2, 0.25) is 12.5 Å². The Kier molecular flexibility index (Phi) is 10.8. The predicted octanol–water partition coefficient (Wildman–Crippen LogP) is 5.45. The van der Waals surface area contributed by atoms with Gasteiger partial charge in [0.05, 0.1) is 34.6 Å². The third-order valence-corrected chi connectivity index (χ3v) is 13.6. The van der Waals surface area contributed by atoms with Crippen molar-refractivity contribution in [2.45, 2.75) is 50.6 Å². The van der Waals surface area contributed by atoms with Crippen LogP contribution in [0.1, 0.15) is 59.6 Å². The molecule has 8 heterocycles. The molecular formula is C46H53N12O3+. The van der Waals surface area contributed by atoms with Crippen LogP contribution < -0.4 is 10.2 Å². The summed E-state index contributed by atoms with van der Waals surface area (Å²) in [5, 5.41) is 12.6. The van der Waals surface area contributed by atoms with Crippen molar-refractivity contribution in [3.8, 4) is 11.1 Å². The Labute approximate surface area is 354 Å². The highest BCUT2D eigenvalue weighted by Crippen LogP contribution is 2.34. The number of H-pyrrole nitrogens is 1. The number of fused-ring (bicyclic) bond motifs is 2. The molecule has 0 spiro atoms. The van der Waals surface area contributed by atoms with Crippen LogP contribution in [0.15, 0.2) is 79.4 Å². The van der Waals surface area contributed by atoms with Gasteiger partial charge in [-0.1, -0.05) is 18.2 Å². The van der Waals surface area contributed by atoms with E-state index in [-0.39, 0.29) is 12.5 Å². The molecule has 2 N–H and O–H groups in total. The number of nitrogens with zero attached hydrogens (tertiary/aromatic N) is 10. The summed E-state index contributed by atoms with van der Waals surface area (Å²) in [5.41, 5.74) is 8.44. The molecule has 2 aromatic carbocycles. The first-order valence-electron chi connectivity index (χ1n) is 21.9. The summed E-state index contributed by atoms with van der Waals surface area (Å²) < 4.78 is 2.75. The number of nitrogens with one attached hydrogen (secondary N) is 2. The van der Waals surface area contributed by atoms with Crippen molar-refractivity contribution >= 4 is 45.4 Å². The molecule has 1 atom stereocenters. The molecule has 2 amide bonds. The lowest BCUT2D eigenvalue weighted by Gasteiger charge is -2.39. The summed E-state index contributed by atoms with van der Waals surface area (Å²) in [6, 6.07) is 18.8. The van der Waals surface area contributed by atoms with E-state index in [1.165, 1.54) is 27.8 Å². The molecular weight excluding hydrogens is 769 g/mol. The number of likely N-dealkylation sites (tertiary alicyclic amines) is 2. The van der Waals surface area contributed by atoms with Gasteiger partial charge in [0, 0.05) is 99.0 Å². The SMILES string of the molecule is Cn1c(CN2CCC(c3ccc(C(=O)N4CCC(CN5CCN(c6ncc(NC7CC[N+](=O)C7=O)cn6)CC5)CC4)cc3)CC2)cc2c(-c3ccc4[nH]ncc4c3)ccnc21. The first kappa shape index (κ1) is 39.1. The maximum atomic E-state index is 13.6. The van der Waals surface area contributed by atoms with E-state index in [1.54, 1.807) is 12.4 Å². The predicted molar refractivity (Wildman–Crippen MR) is 234 cm³/mol. The molecule has 0 aliphatic carbocycles. The van der Waals surface area contributed by atoms with E-state index in [1.807, 2.05) is 29.4 Å². The highest BCUT2D eigenvalue weighted by atomic mass is 16.3. The molecule has 6 aromatic rings. The molecule has 4 fully saturated rings. The zero-order valence-corrected chi connectivity index (χ0v) is 34.7. The second-order valence-corrected chi connectivity index (χ2v) is 17.4. The van der Waals surface area contributed by atoms with Crippen LogP contribution in [0.5, 0.6) is 0 Å². The lowest BCUT2D eigenvalue weighted by Crippen LogP contribution is -2.49. The number of amides is 2. The Bertz CT molecular complexity index is 2540. The van der Waals surface area contributed by atoms with Crippen LogP contribution in [-0.2, 0) is 18.4 Å². The van der Waals surface area contributed by atoms with Crippen molar-refractivity contribution in [3.63, 3.8) is 0 Å². The second-order valence-electron chi connectivity index (χ2n) is 17.4. The number of piperidine rings is 2. The van der Waals surface area contributed by atoms with E-state index in [4.69, 9.17) is 4.98 Å². The Hall–Kier alpha value is -6.06. The molecule has 1 unspecified atom stereocenters. The summed E-state index contributed by atoms with van der Waals surface area (Å²) in [5.74, 6) is 1.46. The largest absolute Gasteiger partial charge is 0.455 e. The third kappa shape index (κ3) is 8.11. The van der Waals surface area contributed by atoms with Crippen LogP contribution in [0, 0.1) is 10.8 Å². The molecule has 4 saturated heterocycles. The highest BCUT2D eigenvalue weighted by molar-refractivity contribution is 5.96. The van der Waals surface area contributed by atoms with E-state index in [2.05, 4.69) is 94.3 Å².